The van der Waals surface area contributed by atoms with Gasteiger partial charge in [0, 0.05) is 38.5 Å². The zero-order valence-electron chi connectivity index (χ0n) is 29.5. The zero-order valence-corrected chi connectivity index (χ0v) is 30.3. The van der Waals surface area contributed by atoms with E-state index in [1.54, 1.807) is 0 Å². The van der Waals surface area contributed by atoms with Crippen molar-refractivity contribution >= 4 is 66.4 Å². The Labute approximate surface area is 320 Å². The number of aromatic nitrogens is 4. The Morgan fingerprint density at radius 2 is 0.945 bits per heavy atom. The highest BCUT2D eigenvalue weighted by atomic mass is 32.2. The summed E-state index contributed by atoms with van der Waals surface area (Å²) in [7, 11) is 0. The van der Waals surface area contributed by atoms with Crippen LogP contribution < -0.4 is 0 Å². The summed E-state index contributed by atoms with van der Waals surface area (Å²) in [6.45, 7) is 0. The van der Waals surface area contributed by atoms with Gasteiger partial charge in [0.15, 0.2) is 5.16 Å². The lowest BCUT2D eigenvalue weighted by molar-refractivity contribution is 0.811. The van der Waals surface area contributed by atoms with Crippen molar-refractivity contribution in [3.05, 3.63) is 199 Å². The molecule has 4 heterocycles. The normalized spacial score (nSPS) is 13.9. The maximum atomic E-state index is 5.27. The Morgan fingerprint density at radius 3 is 1.64 bits per heavy atom. The van der Waals surface area contributed by atoms with Gasteiger partial charge < -0.3 is 9.13 Å². The molecular formula is C50H30N4S. The summed E-state index contributed by atoms with van der Waals surface area (Å²) in [6.07, 6.45) is 0. The number of nitrogens with zero attached hydrogens (tertiary/aromatic N) is 4. The molecule has 0 unspecified atom stereocenters. The van der Waals surface area contributed by atoms with Crippen LogP contribution in [-0.2, 0) is 4.75 Å². The van der Waals surface area contributed by atoms with E-state index in [1.165, 1.54) is 77.1 Å². The number of rotatable bonds is 2. The van der Waals surface area contributed by atoms with Crippen molar-refractivity contribution in [2.45, 2.75) is 9.90 Å². The number of imidazole rings is 1. The van der Waals surface area contributed by atoms with Gasteiger partial charge in [-0.05, 0) is 89.0 Å². The van der Waals surface area contributed by atoms with Gasteiger partial charge in [-0.3, -0.25) is 4.57 Å². The monoisotopic (exact) mass is 718 g/mol. The fraction of sp³-hybridized carbons (Fsp3) is 0.0200. The van der Waals surface area contributed by atoms with E-state index in [-0.39, 0.29) is 0 Å². The molecule has 3 aromatic heterocycles. The summed E-state index contributed by atoms with van der Waals surface area (Å²) in [4.78, 5) is 5.27. The Kier molecular flexibility index (Phi) is 5.74. The fourth-order valence-electron chi connectivity index (χ4n) is 9.80. The van der Waals surface area contributed by atoms with Crippen LogP contribution in [0.5, 0.6) is 0 Å². The molecule has 0 bridgehead atoms. The van der Waals surface area contributed by atoms with Crippen molar-refractivity contribution in [3.8, 4) is 28.2 Å². The van der Waals surface area contributed by atoms with Crippen LogP contribution in [0.3, 0.4) is 0 Å². The van der Waals surface area contributed by atoms with Crippen molar-refractivity contribution in [2.24, 2.45) is 0 Å². The number of benzene rings is 8. The Morgan fingerprint density at radius 1 is 0.382 bits per heavy atom. The molecule has 0 atom stereocenters. The second-order valence-electron chi connectivity index (χ2n) is 14.7. The van der Waals surface area contributed by atoms with Gasteiger partial charge in [0.1, 0.15) is 4.75 Å². The number of fused-ring (bicyclic) bond motifs is 17. The minimum atomic E-state index is -0.484. The number of hydrogen-bond donors (Lipinski definition) is 0. The average Bonchev–Trinajstić information content (AvgIpc) is 3.96. The van der Waals surface area contributed by atoms with E-state index in [9.17, 15) is 0 Å². The van der Waals surface area contributed by atoms with Gasteiger partial charge in [0.05, 0.1) is 38.8 Å². The second kappa shape index (κ2) is 10.7. The molecule has 1 spiro atoms. The van der Waals surface area contributed by atoms with Crippen molar-refractivity contribution in [3.63, 3.8) is 0 Å². The van der Waals surface area contributed by atoms with Crippen LogP contribution >= 0.6 is 11.8 Å². The maximum absolute atomic E-state index is 5.27. The quantitative estimate of drug-likeness (QED) is 0.178. The molecule has 0 saturated heterocycles. The van der Waals surface area contributed by atoms with Crippen LogP contribution in [0.4, 0.5) is 0 Å². The first-order valence-corrected chi connectivity index (χ1v) is 19.6. The van der Waals surface area contributed by atoms with Gasteiger partial charge in [0.25, 0.3) is 0 Å². The first kappa shape index (κ1) is 29.6. The summed E-state index contributed by atoms with van der Waals surface area (Å²) in [5, 5.41) is 6.03. The molecule has 5 heteroatoms. The molecule has 0 radical (unpaired) electrons. The number of para-hydroxylation sites is 5. The van der Waals surface area contributed by atoms with Crippen LogP contribution in [0.1, 0.15) is 16.7 Å². The van der Waals surface area contributed by atoms with Crippen LogP contribution in [0.15, 0.2) is 187 Å². The molecule has 55 heavy (non-hydrogen) atoms. The second-order valence-corrected chi connectivity index (χ2v) is 15.9. The standard InChI is InChI=1S/C50H30N4S/c1-2-14-31(15-3-1)52-43-23-11-6-18-35(43)37-29-38-36-19-7-12-24-44(36)53(48(38)30-47(37)52)32-26-27-45-41(28-32)50(55-49-51-42-22-10-13-25-46(42)54(45)49)39-20-8-4-16-33(39)34-17-5-9-21-40(34)50/h1-30H. The predicted octanol–water partition coefficient (Wildman–Crippen LogP) is 12.6. The SMILES string of the molecule is c1ccc(-n2c3ccccc3c3cc4c5ccccc5n(-c5ccc6c(c5)C5(Sc7nc8ccccc8n7-6)c6ccccc6-c6ccccc65)c4cc32)cc1. The molecule has 4 nitrogen and oxygen atoms in total. The number of hydrogen-bond acceptors (Lipinski definition) is 2. The molecule has 0 amide bonds. The lowest BCUT2D eigenvalue weighted by Gasteiger charge is -2.37. The maximum Gasteiger partial charge on any atom is 0.175 e. The van der Waals surface area contributed by atoms with Gasteiger partial charge in [-0.15, -0.1) is 0 Å². The summed E-state index contributed by atoms with van der Waals surface area (Å²) in [5.74, 6) is 0. The van der Waals surface area contributed by atoms with E-state index >= 15 is 0 Å². The van der Waals surface area contributed by atoms with Gasteiger partial charge in [-0.1, -0.05) is 127 Å². The average molecular weight is 719 g/mol. The van der Waals surface area contributed by atoms with E-state index in [4.69, 9.17) is 4.98 Å². The van der Waals surface area contributed by atoms with Crippen molar-refractivity contribution in [1.29, 1.82) is 0 Å². The van der Waals surface area contributed by atoms with Gasteiger partial charge in [-0.2, -0.15) is 0 Å². The first-order valence-electron chi connectivity index (χ1n) is 18.8. The van der Waals surface area contributed by atoms with E-state index in [0.717, 1.165) is 27.6 Å². The van der Waals surface area contributed by atoms with E-state index in [1.807, 2.05) is 11.8 Å². The molecule has 1 aliphatic heterocycles. The Balaban J connectivity index is 1.16. The molecule has 1 aliphatic carbocycles. The van der Waals surface area contributed by atoms with E-state index < -0.39 is 4.75 Å². The van der Waals surface area contributed by atoms with Crippen molar-refractivity contribution < 1.29 is 0 Å². The van der Waals surface area contributed by atoms with Crippen LogP contribution in [0.25, 0.3) is 82.8 Å². The Bertz CT molecular complexity index is 3370. The highest BCUT2D eigenvalue weighted by Gasteiger charge is 2.50. The largest absolute Gasteiger partial charge is 0.309 e. The molecule has 256 valence electrons. The third kappa shape index (κ3) is 3.75. The molecule has 2 aliphatic rings. The molecule has 0 N–H and O–H groups in total. The van der Waals surface area contributed by atoms with Crippen LogP contribution in [0, 0.1) is 0 Å². The van der Waals surface area contributed by atoms with Crippen LogP contribution in [0.2, 0.25) is 0 Å². The fourth-order valence-corrected chi connectivity index (χ4v) is 11.4. The molecule has 8 aromatic carbocycles. The predicted molar refractivity (Wildman–Crippen MR) is 227 cm³/mol. The van der Waals surface area contributed by atoms with Gasteiger partial charge in [-0.25, -0.2) is 4.98 Å². The Hall–Kier alpha value is -6.82. The highest BCUT2D eigenvalue weighted by Crippen LogP contribution is 2.63. The lowest BCUT2D eigenvalue weighted by atomic mass is 9.86. The zero-order chi connectivity index (χ0) is 35.8. The molecule has 0 saturated carbocycles. The lowest BCUT2D eigenvalue weighted by Crippen LogP contribution is -2.29. The first-order chi connectivity index (χ1) is 27.3. The summed E-state index contributed by atoms with van der Waals surface area (Å²) < 4.78 is 6.80. The van der Waals surface area contributed by atoms with Crippen molar-refractivity contribution in [1.82, 2.24) is 18.7 Å². The minimum Gasteiger partial charge on any atom is -0.309 e. The van der Waals surface area contributed by atoms with E-state index in [0.29, 0.717) is 0 Å². The molecule has 11 aromatic rings. The summed E-state index contributed by atoms with van der Waals surface area (Å²) in [6, 6.07) is 66.9. The smallest absolute Gasteiger partial charge is 0.175 e. The molecule has 0 fully saturated rings. The van der Waals surface area contributed by atoms with Gasteiger partial charge in [0.2, 0.25) is 0 Å². The number of thioether (sulfide) groups is 1. The summed E-state index contributed by atoms with van der Waals surface area (Å²) in [5.41, 5.74) is 16.9. The highest BCUT2D eigenvalue weighted by molar-refractivity contribution is 8.00. The molecular weight excluding hydrogens is 689 g/mol. The van der Waals surface area contributed by atoms with Crippen LogP contribution in [-0.4, -0.2) is 18.7 Å². The molecule has 13 rings (SSSR count). The van der Waals surface area contributed by atoms with Gasteiger partial charge >= 0.3 is 0 Å². The summed E-state index contributed by atoms with van der Waals surface area (Å²) >= 11 is 1.88. The topological polar surface area (TPSA) is 27.7 Å². The third-order valence-corrected chi connectivity index (χ3v) is 13.4. The van der Waals surface area contributed by atoms with Crippen molar-refractivity contribution in [2.75, 3.05) is 0 Å². The van der Waals surface area contributed by atoms with E-state index in [2.05, 4.69) is 196 Å². The third-order valence-electron chi connectivity index (χ3n) is 12.0. The minimum absolute atomic E-state index is 0.484.